The van der Waals surface area contributed by atoms with E-state index in [2.05, 4.69) is 17.4 Å². The number of aromatic nitrogens is 1. The van der Waals surface area contributed by atoms with Crippen LogP contribution >= 0.6 is 11.8 Å². The molecule has 0 radical (unpaired) electrons. The summed E-state index contributed by atoms with van der Waals surface area (Å²) in [5, 5.41) is 17.4. The van der Waals surface area contributed by atoms with Gasteiger partial charge in [-0.3, -0.25) is 9.59 Å². The normalized spacial score (nSPS) is 31.2. The molecule has 0 spiro atoms. The molecule has 9 heteroatoms. The van der Waals surface area contributed by atoms with E-state index < -0.39 is 5.41 Å². The van der Waals surface area contributed by atoms with Crippen molar-refractivity contribution < 1.29 is 24.0 Å². The predicted molar refractivity (Wildman–Crippen MR) is 137 cm³/mol. The van der Waals surface area contributed by atoms with Crippen LogP contribution in [0.4, 0.5) is 0 Å². The van der Waals surface area contributed by atoms with Gasteiger partial charge in [0.2, 0.25) is 11.7 Å². The minimum Gasteiger partial charge on any atom is -0.474 e. The van der Waals surface area contributed by atoms with Crippen LogP contribution in [0.5, 0.6) is 5.88 Å². The molecule has 1 heterocycles. The number of thioether (sulfide) groups is 1. The fraction of sp³-hybridized carbons (Fsp3) is 0.815. The Morgan fingerprint density at radius 2 is 1.94 bits per heavy atom. The number of aliphatic hydroxyl groups excluding tert-OH is 1. The van der Waals surface area contributed by atoms with E-state index in [1.807, 2.05) is 0 Å². The van der Waals surface area contributed by atoms with Gasteiger partial charge in [-0.2, -0.15) is 0 Å². The standard InChI is InChI=1S/C27H41N3O5S/c1-2-20-17-12-16(8-11-31)13-18(14-17)21(20)29-24(32)22-23(36-19-6-3-4-7-19)25(30-35-22)34-15-27(26(28)33)9-5-10-27/h16-21,31H,2-15H2,1H3,(H2,28,33)(H,29,32). The number of rotatable bonds is 11. The van der Waals surface area contributed by atoms with E-state index >= 15 is 0 Å². The Kier molecular flexibility index (Phi) is 7.86. The van der Waals surface area contributed by atoms with E-state index in [0.29, 0.717) is 39.7 Å². The lowest BCUT2D eigenvalue weighted by atomic mass is 9.69. The molecule has 4 fully saturated rings. The van der Waals surface area contributed by atoms with Gasteiger partial charge in [0.05, 0.1) is 5.41 Å². The maximum atomic E-state index is 13.6. The summed E-state index contributed by atoms with van der Waals surface area (Å²) in [5.41, 5.74) is 5.02. The second-order valence-corrected chi connectivity index (χ2v) is 12.9. The molecule has 4 N–H and O–H groups in total. The summed E-state index contributed by atoms with van der Waals surface area (Å²) in [7, 11) is 0. The van der Waals surface area contributed by atoms with Crippen molar-refractivity contribution in [1.29, 1.82) is 0 Å². The number of primary amides is 1. The molecule has 4 aliphatic carbocycles. The molecule has 5 rings (SSSR count). The smallest absolute Gasteiger partial charge is 0.291 e. The minimum absolute atomic E-state index is 0.114. The number of aliphatic hydroxyl groups is 1. The van der Waals surface area contributed by atoms with Gasteiger partial charge in [0.15, 0.2) is 0 Å². The molecule has 4 saturated carbocycles. The Balaban J connectivity index is 1.33. The second-order valence-electron chi connectivity index (χ2n) is 11.6. The molecule has 0 aliphatic heterocycles. The Morgan fingerprint density at radius 1 is 1.19 bits per heavy atom. The number of carbonyl (C=O) groups is 2. The van der Waals surface area contributed by atoms with E-state index in [1.165, 1.54) is 12.8 Å². The predicted octanol–water partition coefficient (Wildman–Crippen LogP) is 4.30. The Hall–Kier alpha value is -1.74. The number of nitrogens with two attached hydrogens (primary N) is 1. The van der Waals surface area contributed by atoms with Crippen LogP contribution in [-0.4, -0.2) is 46.6 Å². The number of carbonyl (C=O) groups excluding carboxylic acids is 2. The molecule has 200 valence electrons. The monoisotopic (exact) mass is 519 g/mol. The van der Waals surface area contributed by atoms with Crippen LogP contribution in [0, 0.1) is 29.1 Å². The first-order valence-corrected chi connectivity index (χ1v) is 14.8. The van der Waals surface area contributed by atoms with Crippen molar-refractivity contribution >= 4 is 23.6 Å². The first-order valence-electron chi connectivity index (χ1n) is 13.9. The average molecular weight is 520 g/mol. The van der Waals surface area contributed by atoms with Crippen molar-refractivity contribution in [3.05, 3.63) is 5.76 Å². The third-order valence-electron chi connectivity index (χ3n) is 9.49. The maximum Gasteiger partial charge on any atom is 0.291 e. The van der Waals surface area contributed by atoms with Crippen molar-refractivity contribution in [1.82, 2.24) is 10.5 Å². The molecule has 2 bridgehead atoms. The lowest BCUT2D eigenvalue weighted by Gasteiger charge is -2.37. The highest BCUT2D eigenvalue weighted by Gasteiger charge is 2.48. The topological polar surface area (TPSA) is 128 Å². The van der Waals surface area contributed by atoms with Crippen LogP contribution in [0.2, 0.25) is 0 Å². The minimum atomic E-state index is -0.641. The van der Waals surface area contributed by atoms with Crippen molar-refractivity contribution in [2.45, 2.75) is 100 Å². The van der Waals surface area contributed by atoms with Gasteiger partial charge in [-0.15, -0.1) is 11.8 Å². The van der Waals surface area contributed by atoms with Gasteiger partial charge < -0.3 is 25.4 Å². The van der Waals surface area contributed by atoms with Crippen LogP contribution in [0.3, 0.4) is 0 Å². The molecule has 4 aliphatic rings. The molecule has 5 unspecified atom stereocenters. The van der Waals surface area contributed by atoms with Gasteiger partial charge in [0, 0.05) is 17.9 Å². The van der Waals surface area contributed by atoms with Gasteiger partial charge in [-0.05, 0) is 80.2 Å². The third kappa shape index (κ3) is 5.02. The summed E-state index contributed by atoms with van der Waals surface area (Å²) in [6.45, 7) is 2.62. The van der Waals surface area contributed by atoms with Gasteiger partial charge in [0.1, 0.15) is 11.5 Å². The van der Waals surface area contributed by atoms with Crippen LogP contribution in [-0.2, 0) is 4.79 Å². The van der Waals surface area contributed by atoms with E-state index in [-0.39, 0.29) is 36.8 Å². The van der Waals surface area contributed by atoms with Crippen LogP contribution in [0.1, 0.15) is 94.5 Å². The number of nitrogens with one attached hydrogen (secondary N) is 1. The SMILES string of the molecule is CCC1C2CC(CCO)CC(C2)C1NC(=O)c1onc(OCC2(C(N)=O)CCC2)c1SC1CCCC1. The van der Waals surface area contributed by atoms with E-state index in [1.54, 1.807) is 11.8 Å². The summed E-state index contributed by atoms with van der Waals surface area (Å²) in [6.07, 6.45) is 12.2. The Labute approximate surface area is 217 Å². The highest BCUT2D eigenvalue weighted by atomic mass is 32.2. The summed E-state index contributed by atoms with van der Waals surface area (Å²) >= 11 is 1.63. The molecule has 2 amide bonds. The molecule has 1 aromatic heterocycles. The summed E-state index contributed by atoms with van der Waals surface area (Å²) in [5.74, 6) is 2.01. The molecule has 8 nitrogen and oxygen atoms in total. The highest BCUT2D eigenvalue weighted by Crippen LogP contribution is 2.50. The fourth-order valence-electron chi connectivity index (χ4n) is 7.32. The van der Waals surface area contributed by atoms with Crippen molar-refractivity contribution in [3.63, 3.8) is 0 Å². The Morgan fingerprint density at radius 3 is 2.58 bits per heavy atom. The number of amides is 2. The number of fused-ring (bicyclic) bond motifs is 2. The summed E-state index contributed by atoms with van der Waals surface area (Å²) < 4.78 is 11.7. The molecule has 5 atom stereocenters. The lowest BCUT2D eigenvalue weighted by molar-refractivity contribution is -0.135. The number of nitrogens with zero attached hydrogens (tertiary/aromatic N) is 1. The first kappa shape index (κ1) is 25.9. The van der Waals surface area contributed by atoms with Crippen LogP contribution < -0.4 is 15.8 Å². The second kappa shape index (κ2) is 10.9. The molecule has 36 heavy (non-hydrogen) atoms. The van der Waals surface area contributed by atoms with Gasteiger partial charge >= 0.3 is 0 Å². The summed E-state index contributed by atoms with van der Waals surface area (Å²) in [6, 6.07) is 0.114. The molecule has 0 saturated heterocycles. The fourth-order valence-corrected chi connectivity index (χ4v) is 8.66. The number of hydrogen-bond acceptors (Lipinski definition) is 7. The van der Waals surface area contributed by atoms with Crippen LogP contribution in [0.25, 0.3) is 0 Å². The zero-order valence-corrected chi connectivity index (χ0v) is 22.2. The van der Waals surface area contributed by atoms with E-state index in [0.717, 1.165) is 64.2 Å². The van der Waals surface area contributed by atoms with E-state index in [4.69, 9.17) is 15.0 Å². The van der Waals surface area contributed by atoms with Gasteiger partial charge in [-0.1, -0.05) is 32.6 Å². The van der Waals surface area contributed by atoms with Crippen molar-refractivity contribution in [3.8, 4) is 5.88 Å². The first-order chi connectivity index (χ1) is 17.4. The zero-order valence-electron chi connectivity index (χ0n) is 21.4. The number of ether oxygens (including phenoxy) is 1. The quantitative estimate of drug-likeness (QED) is 0.398. The van der Waals surface area contributed by atoms with Crippen molar-refractivity contribution in [2.24, 2.45) is 34.8 Å². The largest absolute Gasteiger partial charge is 0.474 e. The lowest BCUT2D eigenvalue weighted by Crippen LogP contribution is -2.47. The van der Waals surface area contributed by atoms with Crippen molar-refractivity contribution in [2.75, 3.05) is 13.2 Å². The molecular weight excluding hydrogens is 478 g/mol. The maximum absolute atomic E-state index is 13.6. The Bertz CT molecular complexity index is 942. The molecular formula is C27H41N3O5S. The van der Waals surface area contributed by atoms with Crippen LogP contribution in [0.15, 0.2) is 9.42 Å². The number of hydrogen-bond donors (Lipinski definition) is 3. The van der Waals surface area contributed by atoms with Gasteiger partial charge in [0.25, 0.3) is 11.8 Å². The third-order valence-corrected chi connectivity index (χ3v) is 10.9. The van der Waals surface area contributed by atoms with Gasteiger partial charge in [-0.25, -0.2) is 0 Å². The summed E-state index contributed by atoms with van der Waals surface area (Å²) in [4.78, 5) is 26.3. The highest BCUT2D eigenvalue weighted by molar-refractivity contribution is 8.00. The average Bonchev–Trinajstić information content (AvgIpc) is 3.53. The molecule has 1 aromatic rings. The molecule has 0 aromatic carbocycles. The zero-order chi connectivity index (χ0) is 25.3. The van der Waals surface area contributed by atoms with E-state index in [9.17, 15) is 14.7 Å².